The zero-order valence-corrected chi connectivity index (χ0v) is 20.6. The van der Waals surface area contributed by atoms with Gasteiger partial charge < -0.3 is 14.8 Å². The van der Waals surface area contributed by atoms with Crippen molar-refractivity contribution < 1.29 is 28.8 Å². The maximum atomic E-state index is 12.9. The van der Waals surface area contributed by atoms with Crippen LogP contribution >= 0.6 is 27.7 Å². The van der Waals surface area contributed by atoms with Crippen molar-refractivity contribution in [2.24, 2.45) is 0 Å². The van der Waals surface area contributed by atoms with Crippen LogP contribution < -0.4 is 10.1 Å². The Hall–Kier alpha value is -3.38. The molecule has 2 aromatic rings. The molecule has 4 rings (SSSR count). The van der Waals surface area contributed by atoms with Crippen LogP contribution in [-0.2, 0) is 25.7 Å². The van der Waals surface area contributed by atoms with Crippen molar-refractivity contribution in [2.45, 2.75) is 18.0 Å². The monoisotopic (exact) mass is 561 g/mol. The van der Waals surface area contributed by atoms with E-state index in [4.69, 9.17) is 9.47 Å². The minimum Gasteiger partial charge on any atom is -0.484 e. The molecule has 2 aromatic carbocycles. The van der Waals surface area contributed by atoms with Crippen LogP contribution in [0.3, 0.4) is 0 Å². The second-order valence-corrected chi connectivity index (χ2v) is 9.31. The maximum Gasteiger partial charge on any atom is 0.355 e. The Bertz CT molecular complexity index is 1170. The number of non-ortho nitro benzene ring substituents is 1. The Morgan fingerprint density at radius 2 is 1.89 bits per heavy atom. The summed E-state index contributed by atoms with van der Waals surface area (Å²) in [6.07, 6.45) is 0. The van der Waals surface area contributed by atoms with Gasteiger partial charge in [-0.2, -0.15) is 0 Å². The molecule has 2 heterocycles. The second kappa shape index (κ2) is 10.9. The van der Waals surface area contributed by atoms with Gasteiger partial charge in [-0.1, -0.05) is 34.1 Å². The summed E-state index contributed by atoms with van der Waals surface area (Å²) < 4.78 is 10.8. The number of alkyl halides is 1. The fourth-order valence-corrected chi connectivity index (χ4v) is 5.66. The molecule has 0 bridgehead atoms. The number of rotatable bonds is 9. The fourth-order valence-electron chi connectivity index (χ4n) is 3.59. The summed E-state index contributed by atoms with van der Waals surface area (Å²) in [5, 5.41) is 13.4. The van der Waals surface area contributed by atoms with Gasteiger partial charge in [-0.3, -0.25) is 24.6 Å². The number of ether oxygens (including phenoxy) is 2. The van der Waals surface area contributed by atoms with Crippen LogP contribution in [0.1, 0.15) is 5.56 Å². The van der Waals surface area contributed by atoms with Crippen molar-refractivity contribution in [1.29, 1.82) is 0 Å². The molecule has 2 atom stereocenters. The lowest BCUT2D eigenvalue weighted by Gasteiger charge is -2.49. The van der Waals surface area contributed by atoms with E-state index in [0.717, 1.165) is 0 Å². The number of β-lactam (4-membered cyclic amide) rings is 1. The topological polar surface area (TPSA) is 128 Å². The van der Waals surface area contributed by atoms with Gasteiger partial charge in [-0.15, -0.1) is 11.8 Å². The third-order valence-electron chi connectivity index (χ3n) is 5.35. The molecule has 0 saturated carbocycles. The van der Waals surface area contributed by atoms with E-state index in [2.05, 4.69) is 21.2 Å². The highest BCUT2D eigenvalue weighted by molar-refractivity contribution is 9.09. The van der Waals surface area contributed by atoms with Gasteiger partial charge in [0.25, 0.3) is 17.5 Å². The molecule has 1 unspecified atom stereocenters. The predicted octanol–water partition coefficient (Wildman–Crippen LogP) is 2.77. The van der Waals surface area contributed by atoms with E-state index >= 15 is 0 Å². The number of benzene rings is 2. The van der Waals surface area contributed by atoms with Crippen LogP contribution in [0.5, 0.6) is 5.75 Å². The predicted molar refractivity (Wildman–Crippen MR) is 131 cm³/mol. The normalized spacial score (nSPS) is 18.9. The van der Waals surface area contributed by atoms with Crippen molar-refractivity contribution >= 4 is 51.2 Å². The molecule has 35 heavy (non-hydrogen) atoms. The van der Waals surface area contributed by atoms with Crippen molar-refractivity contribution in [3.8, 4) is 5.75 Å². The van der Waals surface area contributed by atoms with Gasteiger partial charge in [0.1, 0.15) is 29.5 Å². The zero-order valence-electron chi connectivity index (χ0n) is 18.2. The number of hydrogen-bond donors (Lipinski definition) is 1. The number of nitrogens with zero attached hydrogens (tertiary/aromatic N) is 2. The van der Waals surface area contributed by atoms with Crippen LogP contribution in [0.15, 0.2) is 65.9 Å². The number of amides is 2. The van der Waals surface area contributed by atoms with E-state index in [-0.39, 0.29) is 24.6 Å². The smallest absolute Gasteiger partial charge is 0.355 e. The Balaban J connectivity index is 1.37. The van der Waals surface area contributed by atoms with Gasteiger partial charge in [0.2, 0.25) is 0 Å². The molecule has 1 saturated heterocycles. The SMILES string of the molecule is O=C(COc1ccccc1)NC1C(=O)N2C(C(=O)OCc3ccc([N+](=O)[O-])cc3)=C(CBr)CS[C@@H]12. The van der Waals surface area contributed by atoms with Gasteiger partial charge in [-0.25, -0.2) is 4.79 Å². The molecule has 1 fully saturated rings. The van der Waals surface area contributed by atoms with E-state index in [0.29, 0.717) is 28.0 Å². The minimum atomic E-state index is -0.777. The van der Waals surface area contributed by atoms with Crippen LogP contribution in [0.25, 0.3) is 0 Å². The average Bonchev–Trinajstić information content (AvgIpc) is 2.88. The molecule has 0 aromatic heterocycles. The standard InChI is InChI=1S/C23H20BrN3O7S/c24-10-15-13-35-22-19(25-18(28)12-33-17-4-2-1-3-5-17)21(29)26(22)20(15)23(30)34-11-14-6-8-16(9-7-14)27(31)32/h1-9,19,22H,10-13H2,(H,25,28)/t19?,22-/m0/s1. The molecule has 0 radical (unpaired) electrons. The zero-order chi connectivity index (χ0) is 24.9. The van der Waals surface area contributed by atoms with Gasteiger partial charge >= 0.3 is 5.97 Å². The molecule has 0 aliphatic carbocycles. The number of esters is 1. The molecule has 2 aliphatic heterocycles. The number of hydrogen-bond acceptors (Lipinski definition) is 8. The third-order valence-corrected chi connectivity index (χ3v) is 7.37. The summed E-state index contributed by atoms with van der Waals surface area (Å²) >= 11 is 4.80. The van der Waals surface area contributed by atoms with Crippen molar-refractivity contribution in [1.82, 2.24) is 10.2 Å². The molecule has 2 amide bonds. The number of nitro groups is 1. The fraction of sp³-hybridized carbons (Fsp3) is 0.261. The lowest BCUT2D eigenvalue weighted by atomic mass is 10.0. The summed E-state index contributed by atoms with van der Waals surface area (Å²) in [6, 6.07) is 13.7. The quantitative estimate of drug-likeness (QED) is 0.163. The summed E-state index contributed by atoms with van der Waals surface area (Å²) in [5.41, 5.74) is 1.36. The van der Waals surface area contributed by atoms with Crippen LogP contribution in [0, 0.1) is 10.1 Å². The Kier molecular flexibility index (Phi) is 7.71. The summed E-state index contributed by atoms with van der Waals surface area (Å²) in [6.45, 7) is -0.343. The lowest BCUT2D eigenvalue weighted by molar-refractivity contribution is -0.384. The minimum absolute atomic E-state index is 0.0649. The molecular weight excluding hydrogens is 542 g/mol. The molecular formula is C23H20BrN3O7S. The van der Waals surface area contributed by atoms with Crippen LogP contribution in [0.2, 0.25) is 0 Å². The number of carbonyl (C=O) groups excluding carboxylic acids is 3. The van der Waals surface area contributed by atoms with E-state index in [1.807, 2.05) is 6.07 Å². The van der Waals surface area contributed by atoms with Gasteiger partial charge in [0, 0.05) is 23.2 Å². The first-order chi connectivity index (χ1) is 16.9. The number of fused-ring (bicyclic) bond motifs is 1. The van der Waals surface area contributed by atoms with Crippen molar-refractivity contribution in [2.75, 3.05) is 17.7 Å². The average molecular weight is 562 g/mol. The molecule has 0 spiro atoms. The number of thioether (sulfide) groups is 1. The van der Waals surface area contributed by atoms with E-state index in [1.54, 1.807) is 24.3 Å². The van der Waals surface area contributed by atoms with Crippen molar-refractivity contribution in [3.63, 3.8) is 0 Å². The first kappa shape index (κ1) is 24.7. The first-order valence-corrected chi connectivity index (χ1v) is 12.7. The number of para-hydroxylation sites is 1. The highest BCUT2D eigenvalue weighted by Gasteiger charge is 2.54. The highest BCUT2D eigenvalue weighted by Crippen LogP contribution is 2.41. The third kappa shape index (κ3) is 5.49. The number of nitro benzene ring substituents is 1. The Morgan fingerprint density at radius 1 is 1.17 bits per heavy atom. The molecule has 182 valence electrons. The molecule has 12 heteroatoms. The first-order valence-electron chi connectivity index (χ1n) is 10.5. The Morgan fingerprint density at radius 3 is 2.54 bits per heavy atom. The molecule has 2 aliphatic rings. The number of halogens is 1. The highest BCUT2D eigenvalue weighted by atomic mass is 79.9. The molecule has 1 N–H and O–H groups in total. The molecule has 10 nitrogen and oxygen atoms in total. The summed E-state index contributed by atoms with van der Waals surface area (Å²) in [7, 11) is 0. The summed E-state index contributed by atoms with van der Waals surface area (Å²) in [4.78, 5) is 49.8. The Labute approximate surface area is 212 Å². The number of nitrogens with one attached hydrogen (secondary N) is 1. The van der Waals surface area contributed by atoms with Gasteiger partial charge in [-0.05, 0) is 35.4 Å². The van der Waals surface area contributed by atoms with E-state index < -0.39 is 34.1 Å². The van der Waals surface area contributed by atoms with Crippen LogP contribution in [-0.4, -0.2) is 56.7 Å². The number of carbonyl (C=O) groups is 3. The van der Waals surface area contributed by atoms with E-state index in [1.165, 1.54) is 40.9 Å². The largest absolute Gasteiger partial charge is 0.484 e. The summed E-state index contributed by atoms with van der Waals surface area (Å²) in [5.74, 6) is -0.497. The second-order valence-electron chi connectivity index (χ2n) is 7.64. The van der Waals surface area contributed by atoms with Crippen LogP contribution in [0.4, 0.5) is 5.69 Å². The van der Waals surface area contributed by atoms with Crippen molar-refractivity contribution in [3.05, 3.63) is 81.5 Å². The van der Waals surface area contributed by atoms with E-state index in [9.17, 15) is 24.5 Å². The maximum absolute atomic E-state index is 12.9. The van der Waals surface area contributed by atoms with Gasteiger partial charge in [0.05, 0.1) is 4.92 Å². The lowest BCUT2D eigenvalue weighted by Crippen LogP contribution is -2.71. The van der Waals surface area contributed by atoms with Gasteiger partial charge in [0.15, 0.2) is 6.61 Å².